The largest absolute Gasteiger partial charge is 0.508 e. The Balaban J connectivity index is 1.88. The quantitative estimate of drug-likeness (QED) is 0.618. The number of aromatic nitrogens is 2. The predicted octanol–water partition coefficient (Wildman–Crippen LogP) is 3.83. The van der Waals surface area contributed by atoms with Gasteiger partial charge in [-0.25, -0.2) is 9.37 Å². The highest BCUT2D eigenvalue weighted by atomic mass is 19.1. The zero-order chi connectivity index (χ0) is 18.5. The van der Waals surface area contributed by atoms with Gasteiger partial charge >= 0.3 is 0 Å². The molecule has 7 nitrogen and oxygen atoms in total. The molecule has 0 saturated carbocycles. The van der Waals surface area contributed by atoms with Crippen molar-refractivity contribution in [3.05, 3.63) is 54.5 Å². The van der Waals surface area contributed by atoms with E-state index in [0.717, 1.165) is 6.20 Å². The number of hydrogen-bond acceptors (Lipinski definition) is 7. The van der Waals surface area contributed by atoms with Crippen LogP contribution in [0, 0.1) is 5.82 Å². The average Bonchev–Trinajstić information content (AvgIpc) is 2.64. The number of benzene rings is 2. The van der Waals surface area contributed by atoms with Gasteiger partial charge in [0, 0.05) is 11.8 Å². The molecule has 26 heavy (non-hydrogen) atoms. The number of nitrogens with one attached hydrogen (secondary N) is 2. The molecule has 3 N–H and O–H groups in total. The fraction of sp³-hybridized carbons (Fsp3) is 0.111. The summed E-state index contributed by atoms with van der Waals surface area (Å²) in [5.74, 6) is 0.583. The summed E-state index contributed by atoms with van der Waals surface area (Å²) in [4.78, 5) is 8.08. The lowest BCUT2D eigenvalue weighted by atomic mass is 10.2. The number of nitrogens with zero attached hydrogens (tertiary/aromatic N) is 2. The molecule has 0 aliphatic heterocycles. The maximum atomic E-state index is 14.0. The minimum absolute atomic E-state index is 0.0324. The number of phenolic OH excluding ortho intramolecular Hbond substituents is 1. The van der Waals surface area contributed by atoms with Gasteiger partial charge in [-0.2, -0.15) is 4.98 Å². The second-order valence-corrected chi connectivity index (χ2v) is 5.23. The molecule has 3 rings (SSSR count). The molecule has 0 amide bonds. The zero-order valence-corrected chi connectivity index (χ0v) is 14.2. The Hall–Kier alpha value is -3.55. The topological polar surface area (TPSA) is 88.5 Å². The van der Waals surface area contributed by atoms with Crippen LogP contribution in [-0.2, 0) is 0 Å². The first kappa shape index (κ1) is 17.3. The van der Waals surface area contributed by atoms with Crippen LogP contribution < -0.4 is 20.1 Å². The number of halogens is 1. The Morgan fingerprint density at radius 3 is 2.58 bits per heavy atom. The molecule has 0 fully saturated rings. The number of methoxy groups -OCH3 is 2. The molecular weight excluding hydrogens is 339 g/mol. The summed E-state index contributed by atoms with van der Waals surface area (Å²) in [6.45, 7) is 0. The molecule has 0 unspecified atom stereocenters. The maximum absolute atomic E-state index is 14.0. The van der Waals surface area contributed by atoms with E-state index in [1.54, 1.807) is 30.3 Å². The third-order valence-corrected chi connectivity index (χ3v) is 3.50. The molecule has 0 radical (unpaired) electrons. The first-order valence-electron chi connectivity index (χ1n) is 7.67. The molecule has 0 atom stereocenters. The number of anilines is 4. The number of rotatable bonds is 6. The lowest BCUT2D eigenvalue weighted by Gasteiger charge is -2.14. The summed E-state index contributed by atoms with van der Waals surface area (Å²) in [6.07, 6.45) is 1.05. The summed E-state index contributed by atoms with van der Waals surface area (Å²) >= 11 is 0. The van der Waals surface area contributed by atoms with Crippen LogP contribution in [0.4, 0.5) is 27.5 Å². The number of para-hydroxylation sites is 1. The van der Waals surface area contributed by atoms with Crippen molar-refractivity contribution in [3.8, 4) is 17.2 Å². The normalized spacial score (nSPS) is 10.3. The summed E-state index contributed by atoms with van der Waals surface area (Å²) in [5.41, 5.74) is 1.06. The Labute approximate surface area is 149 Å². The minimum Gasteiger partial charge on any atom is -0.508 e. The third kappa shape index (κ3) is 3.75. The van der Waals surface area contributed by atoms with Crippen LogP contribution in [0.2, 0.25) is 0 Å². The maximum Gasteiger partial charge on any atom is 0.229 e. The van der Waals surface area contributed by atoms with Gasteiger partial charge in [0.25, 0.3) is 0 Å². The number of hydrogen-bond donors (Lipinski definition) is 3. The monoisotopic (exact) mass is 356 g/mol. The highest BCUT2D eigenvalue weighted by molar-refractivity contribution is 5.68. The minimum atomic E-state index is -0.628. The molecule has 0 saturated heterocycles. The van der Waals surface area contributed by atoms with Crippen molar-refractivity contribution in [2.24, 2.45) is 0 Å². The van der Waals surface area contributed by atoms with Crippen molar-refractivity contribution in [2.45, 2.75) is 0 Å². The Kier molecular flexibility index (Phi) is 5.02. The smallest absolute Gasteiger partial charge is 0.229 e. The fourth-order valence-corrected chi connectivity index (χ4v) is 2.34. The van der Waals surface area contributed by atoms with Crippen LogP contribution in [0.3, 0.4) is 0 Å². The van der Waals surface area contributed by atoms with Crippen molar-refractivity contribution < 1.29 is 19.0 Å². The number of phenols is 1. The summed E-state index contributed by atoms with van der Waals surface area (Å²) in [6, 6.07) is 11.6. The molecule has 0 aliphatic carbocycles. The van der Waals surface area contributed by atoms with Crippen molar-refractivity contribution >= 4 is 23.1 Å². The Morgan fingerprint density at radius 1 is 1.04 bits per heavy atom. The van der Waals surface area contributed by atoms with E-state index in [9.17, 15) is 9.50 Å². The van der Waals surface area contributed by atoms with Gasteiger partial charge in [-0.3, -0.25) is 0 Å². The van der Waals surface area contributed by atoms with Gasteiger partial charge in [-0.1, -0.05) is 12.1 Å². The molecule has 8 heteroatoms. The van der Waals surface area contributed by atoms with E-state index in [0.29, 0.717) is 22.9 Å². The van der Waals surface area contributed by atoms with Gasteiger partial charge in [0.1, 0.15) is 5.75 Å². The molecule has 0 bridgehead atoms. The van der Waals surface area contributed by atoms with E-state index in [-0.39, 0.29) is 17.5 Å². The lowest BCUT2D eigenvalue weighted by Crippen LogP contribution is -2.04. The van der Waals surface area contributed by atoms with Gasteiger partial charge in [-0.15, -0.1) is 0 Å². The second-order valence-electron chi connectivity index (χ2n) is 5.23. The molecule has 0 spiro atoms. The second kappa shape index (κ2) is 7.56. The Bertz CT molecular complexity index is 921. The molecule has 1 aromatic heterocycles. The lowest BCUT2D eigenvalue weighted by molar-refractivity contribution is 0.356. The van der Waals surface area contributed by atoms with E-state index in [2.05, 4.69) is 20.6 Å². The summed E-state index contributed by atoms with van der Waals surface area (Å²) < 4.78 is 24.6. The van der Waals surface area contributed by atoms with Crippen LogP contribution in [0.5, 0.6) is 17.2 Å². The fourth-order valence-electron chi connectivity index (χ4n) is 2.34. The third-order valence-electron chi connectivity index (χ3n) is 3.50. The van der Waals surface area contributed by atoms with Crippen molar-refractivity contribution in [3.63, 3.8) is 0 Å². The van der Waals surface area contributed by atoms with Crippen molar-refractivity contribution in [2.75, 3.05) is 24.9 Å². The highest BCUT2D eigenvalue weighted by Gasteiger charge is 2.13. The van der Waals surface area contributed by atoms with Crippen molar-refractivity contribution in [1.29, 1.82) is 0 Å². The standard InChI is InChI=1S/C18H17FN4O3/c1-25-15-8-4-7-14(16(15)26-2)22-18-20-10-13(19)17(23-18)21-11-5-3-6-12(24)9-11/h3-10,24H,1-2H3,(H2,20,21,22,23). The SMILES string of the molecule is COc1cccc(Nc2ncc(F)c(Nc3cccc(O)c3)n2)c1OC. The molecule has 1 heterocycles. The van der Waals surface area contributed by atoms with Gasteiger partial charge < -0.3 is 25.2 Å². The Morgan fingerprint density at radius 2 is 1.85 bits per heavy atom. The molecule has 3 aromatic rings. The van der Waals surface area contributed by atoms with Gasteiger partial charge in [0.2, 0.25) is 5.95 Å². The van der Waals surface area contributed by atoms with E-state index in [1.165, 1.54) is 26.4 Å². The number of aromatic hydroxyl groups is 1. The van der Waals surface area contributed by atoms with Crippen LogP contribution in [0.25, 0.3) is 0 Å². The first-order chi connectivity index (χ1) is 12.6. The van der Waals surface area contributed by atoms with E-state index in [4.69, 9.17) is 9.47 Å². The van der Waals surface area contributed by atoms with E-state index >= 15 is 0 Å². The van der Waals surface area contributed by atoms with Crippen LogP contribution >= 0.6 is 0 Å². The predicted molar refractivity (Wildman–Crippen MR) is 96.2 cm³/mol. The van der Waals surface area contributed by atoms with Gasteiger partial charge in [0.15, 0.2) is 23.1 Å². The summed E-state index contributed by atoms with van der Waals surface area (Å²) in [7, 11) is 3.05. The molecule has 2 aromatic carbocycles. The van der Waals surface area contributed by atoms with Gasteiger partial charge in [-0.05, 0) is 24.3 Å². The van der Waals surface area contributed by atoms with Crippen LogP contribution in [0.1, 0.15) is 0 Å². The highest BCUT2D eigenvalue weighted by Crippen LogP contribution is 2.36. The zero-order valence-electron chi connectivity index (χ0n) is 14.2. The van der Waals surface area contributed by atoms with Gasteiger partial charge in [0.05, 0.1) is 26.1 Å². The number of ether oxygens (including phenoxy) is 2. The molecule has 134 valence electrons. The average molecular weight is 356 g/mol. The summed E-state index contributed by atoms with van der Waals surface area (Å²) in [5, 5.41) is 15.3. The van der Waals surface area contributed by atoms with E-state index in [1.807, 2.05) is 0 Å². The van der Waals surface area contributed by atoms with E-state index < -0.39 is 5.82 Å². The van der Waals surface area contributed by atoms with Crippen molar-refractivity contribution in [1.82, 2.24) is 9.97 Å². The molecule has 0 aliphatic rings. The van der Waals surface area contributed by atoms with Crippen LogP contribution in [0.15, 0.2) is 48.7 Å². The van der Waals surface area contributed by atoms with Crippen LogP contribution in [-0.4, -0.2) is 29.3 Å². The first-order valence-corrected chi connectivity index (χ1v) is 7.67. The molecular formula is C18H17FN4O3.